The van der Waals surface area contributed by atoms with Gasteiger partial charge in [-0.25, -0.2) is 4.98 Å². The summed E-state index contributed by atoms with van der Waals surface area (Å²) in [4.78, 5) is 17.6. The van der Waals surface area contributed by atoms with Gasteiger partial charge in [0.2, 0.25) is 5.91 Å². The number of hydrogen-bond acceptors (Lipinski definition) is 3. The van der Waals surface area contributed by atoms with Gasteiger partial charge in [0.1, 0.15) is 0 Å². The number of carbonyl (C=O) groups excluding carboxylic acids is 1. The molecule has 0 bridgehead atoms. The van der Waals surface area contributed by atoms with Crippen LogP contribution in [0, 0.1) is 11.8 Å². The van der Waals surface area contributed by atoms with E-state index >= 15 is 0 Å². The Bertz CT molecular complexity index is 824. The second-order valence-electron chi connectivity index (χ2n) is 6.65. The number of anilines is 1. The van der Waals surface area contributed by atoms with Crippen LogP contribution in [-0.4, -0.2) is 21.6 Å². The van der Waals surface area contributed by atoms with E-state index in [1.165, 1.54) is 11.8 Å². The Morgan fingerprint density at radius 2 is 2.15 bits per heavy atom. The zero-order valence-corrected chi connectivity index (χ0v) is 16.2. The quantitative estimate of drug-likeness (QED) is 0.711. The van der Waals surface area contributed by atoms with Crippen molar-refractivity contribution >= 4 is 35.0 Å². The van der Waals surface area contributed by atoms with Crippen LogP contribution in [-0.2, 0) is 11.8 Å². The fourth-order valence-electron chi connectivity index (χ4n) is 3.20. The lowest BCUT2D eigenvalue weighted by Crippen LogP contribution is -2.34. The molecule has 1 aliphatic rings. The first kappa shape index (κ1) is 20.1. The van der Waals surface area contributed by atoms with E-state index in [0.717, 1.165) is 10.1 Å². The molecule has 4 nitrogen and oxygen atoms in total. The molecule has 0 spiro atoms. The molecule has 1 saturated carbocycles. The van der Waals surface area contributed by atoms with Crippen LogP contribution in [0.5, 0.6) is 0 Å². The van der Waals surface area contributed by atoms with Crippen molar-refractivity contribution in [3.63, 3.8) is 0 Å². The van der Waals surface area contributed by atoms with E-state index in [9.17, 15) is 18.0 Å². The molecule has 3 rings (SSSR count). The summed E-state index contributed by atoms with van der Waals surface area (Å²) >= 11 is 7.40. The number of hydrogen-bond donors (Lipinski definition) is 1. The average Bonchev–Trinajstić information content (AvgIpc) is 3.01. The Morgan fingerprint density at radius 3 is 2.81 bits per heavy atom. The first-order valence-corrected chi connectivity index (χ1v) is 9.76. The van der Waals surface area contributed by atoms with Gasteiger partial charge in [-0.05, 0) is 49.2 Å². The Labute approximate surface area is 164 Å². The summed E-state index contributed by atoms with van der Waals surface area (Å²) in [5, 5.41) is 3.94. The van der Waals surface area contributed by atoms with Crippen molar-refractivity contribution < 1.29 is 18.0 Å². The molecular formula is C18H19ClF3N3OS. The van der Waals surface area contributed by atoms with Crippen LogP contribution in [0.1, 0.15) is 25.7 Å². The summed E-state index contributed by atoms with van der Waals surface area (Å²) in [6.45, 7) is 0. The lowest BCUT2D eigenvalue weighted by Gasteiger charge is -2.29. The number of alkyl halides is 3. The molecule has 1 fully saturated rings. The topological polar surface area (TPSA) is 46.9 Å². The van der Waals surface area contributed by atoms with E-state index in [0.29, 0.717) is 23.6 Å². The monoisotopic (exact) mass is 417 g/mol. The molecule has 9 heteroatoms. The average molecular weight is 418 g/mol. The van der Waals surface area contributed by atoms with Gasteiger partial charge in [0.15, 0.2) is 5.16 Å². The van der Waals surface area contributed by atoms with Gasteiger partial charge in [-0.15, -0.1) is 0 Å². The number of aryl methyl sites for hydroxylation is 1. The molecule has 1 aromatic heterocycles. The van der Waals surface area contributed by atoms with Crippen molar-refractivity contribution in [1.82, 2.24) is 9.55 Å². The summed E-state index contributed by atoms with van der Waals surface area (Å²) in [5.74, 6) is -2.47. The highest BCUT2D eigenvalue weighted by Crippen LogP contribution is 2.41. The summed E-state index contributed by atoms with van der Waals surface area (Å²) in [6.07, 6.45) is -0.0181. The van der Waals surface area contributed by atoms with Crippen LogP contribution >= 0.6 is 23.4 Å². The number of rotatable bonds is 4. The van der Waals surface area contributed by atoms with E-state index in [2.05, 4.69) is 10.3 Å². The second kappa shape index (κ2) is 8.14. The van der Waals surface area contributed by atoms with Crippen LogP contribution in [0.15, 0.2) is 40.6 Å². The second-order valence-corrected chi connectivity index (χ2v) is 8.10. The summed E-state index contributed by atoms with van der Waals surface area (Å²) in [6, 6.07) is 5.06. The highest BCUT2D eigenvalue weighted by Gasteiger charge is 2.43. The Kier molecular flexibility index (Phi) is 6.05. The van der Waals surface area contributed by atoms with Crippen LogP contribution in [0.3, 0.4) is 0 Å². The van der Waals surface area contributed by atoms with E-state index in [-0.39, 0.29) is 12.8 Å². The third-order valence-corrected chi connectivity index (χ3v) is 6.07. The van der Waals surface area contributed by atoms with E-state index in [4.69, 9.17) is 11.6 Å². The Balaban J connectivity index is 1.75. The highest BCUT2D eigenvalue weighted by atomic mass is 35.5. The Hall–Kier alpha value is -1.67. The van der Waals surface area contributed by atoms with Crippen molar-refractivity contribution in [1.29, 1.82) is 0 Å². The number of nitrogens with zero attached hydrogens (tertiary/aromatic N) is 2. The minimum Gasteiger partial charge on any atom is -0.329 e. The van der Waals surface area contributed by atoms with E-state index in [1.54, 1.807) is 30.6 Å². The number of aromatic nitrogens is 2. The van der Waals surface area contributed by atoms with Crippen LogP contribution in [0.25, 0.3) is 0 Å². The minimum absolute atomic E-state index is 0.0880. The van der Waals surface area contributed by atoms with Gasteiger partial charge in [0, 0.05) is 35.3 Å². The van der Waals surface area contributed by atoms with Gasteiger partial charge in [0.25, 0.3) is 0 Å². The van der Waals surface area contributed by atoms with Crippen molar-refractivity contribution in [2.75, 3.05) is 5.32 Å². The van der Waals surface area contributed by atoms with Gasteiger partial charge < -0.3 is 9.88 Å². The van der Waals surface area contributed by atoms with Gasteiger partial charge in [-0.2, -0.15) is 13.2 Å². The van der Waals surface area contributed by atoms with Crippen molar-refractivity contribution in [2.45, 2.75) is 41.9 Å². The van der Waals surface area contributed by atoms with Gasteiger partial charge in [-0.1, -0.05) is 18.0 Å². The maximum atomic E-state index is 13.0. The van der Waals surface area contributed by atoms with Crippen LogP contribution in [0.2, 0.25) is 5.02 Å². The number of imidazole rings is 1. The summed E-state index contributed by atoms with van der Waals surface area (Å²) in [7, 11) is 1.85. The van der Waals surface area contributed by atoms with Crippen molar-refractivity contribution in [2.24, 2.45) is 18.9 Å². The van der Waals surface area contributed by atoms with Crippen molar-refractivity contribution in [3.05, 3.63) is 35.6 Å². The minimum atomic E-state index is -4.26. The maximum absolute atomic E-state index is 13.0. The molecule has 0 aliphatic heterocycles. The molecule has 146 valence electrons. The fourth-order valence-corrected chi connectivity index (χ4v) is 4.24. The number of nitrogens with one attached hydrogen (secondary N) is 1. The normalized spacial score (nSPS) is 20.5. The number of halogens is 4. The molecule has 27 heavy (non-hydrogen) atoms. The third kappa shape index (κ3) is 4.99. The highest BCUT2D eigenvalue weighted by molar-refractivity contribution is 7.99. The zero-order chi connectivity index (χ0) is 19.6. The zero-order valence-electron chi connectivity index (χ0n) is 14.6. The van der Waals surface area contributed by atoms with Gasteiger partial charge in [-0.3, -0.25) is 4.79 Å². The number of benzene rings is 1. The lowest BCUT2D eigenvalue weighted by molar-refractivity contribution is -0.185. The smallest absolute Gasteiger partial charge is 0.329 e. The molecule has 1 heterocycles. The van der Waals surface area contributed by atoms with Crippen LogP contribution in [0.4, 0.5) is 18.9 Å². The Morgan fingerprint density at radius 1 is 1.37 bits per heavy atom. The largest absolute Gasteiger partial charge is 0.391 e. The summed E-state index contributed by atoms with van der Waals surface area (Å²) in [5.41, 5.74) is 0.481. The SMILES string of the molecule is Cn1ccnc1Sc1ccc(Cl)cc1NC(=O)C1CCCC(C(F)(F)F)C1. The molecule has 2 aromatic rings. The number of carbonyl (C=O) groups is 1. The number of amides is 1. The molecule has 2 unspecified atom stereocenters. The van der Waals surface area contributed by atoms with Gasteiger partial charge >= 0.3 is 6.18 Å². The fraction of sp³-hybridized carbons (Fsp3) is 0.444. The predicted molar refractivity (Wildman–Crippen MR) is 98.9 cm³/mol. The van der Waals surface area contributed by atoms with Crippen molar-refractivity contribution in [3.8, 4) is 0 Å². The maximum Gasteiger partial charge on any atom is 0.391 e. The molecular weight excluding hydrogens is 399 g/mol. The molecule has 1 aliphatic carbocycles. The molecule has 2 atom stereocenters. The predicted octanol–water partition coefficient (Wildman–Crippen LogP) is 5.53. The molecule has 1 amide bonds. The molecule has 1 N–H and O–H groups in total. The van der Waals surface area contributed by atoms with Crippen LogP contribution < -0.4 is 5.32 Å². The molecule has 1 aromatic carbocycles. The first-order chi connectivity index (χ1) is 12.7. The van der Waals surface area contributed by atoms with E-state index in [1.807, 2.05) is 11.6 Å². The van der Waals surface area contributed by atoms with E-state index < -0.39 is 23.9 Å². The molecule has 0 saturated heterocycles. The summed E-state index contributed by atoms with van der Waals surface area (Å²) < 4.78 is 40.9. The molecule has 0 radical (unpaired) electrons. The van der Waals surface area contributed by atoms with Gasteiger partial charge in [0.05, 0.1) is 11.6 Å². The standard InChI is InChI=1S/C18H19ClF3N3OS/c1-25-8-7-23-17(25)27-15-6-5-13(19)10-14(15)24-16(26)11-3-2-4-12(9-11)18(20,21)22/h5-8,10-12H,2-4,9H2,1H3,(H,24,26). The third-order valence-electron chi connectivity index (χ3n) is 4.69. The first-order valence-electron chi connectivity index (χ1n) is 8.56. The lowest BCUT2D eigenvalue weighted by atomic mass is 9.80.